The van der Waals surface area contributed by atoms with E-state index in [1.54, 1.807) is 0 Å². The highest BCUT2D eigenvalue weighted by Gasteiger charge is 2.14. The Balaban J connectivity index is 1.42. The normalized spacial score (nSPS) is 12.2. The minimum Gasteiger partial charge on any atom is -0.454 e. The number of fused-ring (bicyclic) bond motifs is 1. The maximum Gasteiger partial charge on any atom is 0.268 e. The van der Waals surface area contributed by atoms with Crippen LogP contribution in [0.25, 0.3) is 0 Å². The van der Waals surface area contributed by atoms with Crippen LogP contribution in [0.3, 0.4) is 0 Å². The van der Waals surface area contributed by atoms with Crippen LogP contribution in [0.1, 0.15) is 21.6 Å². The van der Waals surface area contributed by atoms with Gasteiger partial charge in [-0.15, -0.1) is 0 Å². The van der Waals surface area contributed by atoms with Crippen molar-refractivity contribution in [3.63, 3.8) is 0 Å². The molecule has 1 aromatic heterocycles. The van der Waals surface area contributed by atoms with E-state index in [1.807, 2.05) is 71.4 Å². The van der Waals surface area contributed by atoms with Crippen LogP contribution in [-0.4, -0.2) is 17.3 Å². The van der Waals surface area contributed by atoms with Gasteiger partial charge in [0.05, 0.1) is 0 Å². The summed E-state index contributed by atoms with van der Waals surface area (Å²) >= 11 is 0. The van der Waals surface area contributed by atoms with Gasteiger partial charge in [-0.25, -0.2) is 0 Å². The number of nitrogens with zero attached hydrogens (tertiary/aromatic N) is 1. The second-order valence-corrected chi connectivity index (χ2v) is 5.88. The number of ether oxygens (including phenoxy) is 2. The molecule has 0 bridgehead atoms. The topological polar surface area (TPSA) is 52.5 Å². The van der Waals surface area contributed by atoms with E-state index >= 15 is 0 Å². The van der Waals surface area contributed by atoms with Crippen LogP contribution < -0.4 is 14.8 Å². The Morgan fingerprint density at radius 1 is 0.960 bits per heavy atom. The molecule has 126 valence electrons. The zero-order valence-corrected chi connectivity index (χ0v) is 13.6. The van der Waals surface area contributed by atoms with E-state index in [4.69, 9.17) is 9.47 Å². The van der Waals surface area contributed by atoms with Crippen molar-refractivity contribution in [2.24, 2.45) is 0 Å². The van der Waals surface area contributed by atoms with Gasteiger partial charge in [0.15, 0.2) is 11.5 Å². The minimum absolute atomic E-state index is 0.0985. The van der Waals surface area contributed by atoms with Gasteiger partial charge in [-0.1, -0.05) is 36.4 Å². The summed E-state index contributed by atoms with van der Waals surface area (Å²) in [6.07, 6.45) is 1.92. The molecular formula is C20H18N2O3. The molecule has 1 amide bonds. The molecule has 25 heavy (non-hydrogen) atoms. The second-order valence-electron chi connectivity index (χ2n) is 5.88. The third-order valence-electron chi connectivity index (χ3n) is 4.15. The van der Waals surface area contributed by atoms with Crippen LogP contribution in [0.2, 0.25) is 0 Å². The Morgan fingerprint density at radius 3 is 2.68 bits per heavy atom. The Hall–Kier alpha value is -3.21. The molecule has 0 saturated heterocycles. The van der Waals surface area contributed by atoms with E-state index in [0.29, 0.717) is 18.8 Å². The lowest BCUT2D eigenvalue weighted by molar-refractivity contribution is 0.0942. The minimum atomic E-state index is -0.0985. The van der Waals surface area contributed by atoms with Gasteiger partial charge < -0.3 is 19.4 Å². The summed E-state index contributed by atoms with van der Waals surface area (Å²) in [6.45, 7) is 1.35. The fourth-order valence-electron chi connectivity index (χ4n) is 2.86. The molecule has 1 aliphatic rings. The largest absolute Gasteiger partial charge is 0.454 e. The fourth-order valence-corrected chi connectivity index (χ4v) is 2.86. The van der Waals surface area contributed by atoms with E-state index in [-0.39, 0.29) is 12.7 Å². The highest BCUT2D eigenvalue weighted by molar-refractivity contribution is 5.92. The third kappa shape index (κ3) is 3.35. The van der Waals surface area contributed by atoms with Gasteiger partial charge in [-0.05, 0) is 35.4 Å². The van der Waals surface area contributed by atoms with Crippen LogP contribution in [0, 0.1) is 0 Å². The smallest absolute Gasteiger partial charge is 0.268 e. The molecule has 2 heterocycles. The number of carbonyl (C=O) groups excluding carboxylic acids is 1. The van der Waals surface area contributed by atoms with Crippen molar-refractivity contribution >= 4 is 5.91 Å². The van der Waals surface area contributed by atoms with Gasteiger partial charge in [-0.3, -0.25) is 4.79 Å². The average molecular weight is 334 g/mol. The predicted octanol–water partition coefficient (Wildman–Crippen LogP) is 3.20. The number of rotatable bonds is 5. The van der Waals surface area contributed by atoms with Crippen LogP contribution in [0.4, 0.5) is 0 Å². The lowest BCUT2D eigenvalue weighted by Crippen LogP contribution is -2.25. The van der Waals surface area contributed by atoms with Gasteiger partial charge in [0, 0.05) is 19.3 Å². The SMILES string of the molecule is O=C(NCc1ccc2c(c1)OCO2)c1cccn1Cc1ccccc1. The average Bonchev–Trinajstić information content (AvgIpc) is 3.29. The molecule has 0 unspecified atom stereocenters. The lowest BCUT2D eigenvalue weighted by atomic mass is 10.2. The van der Waals surface area contributed by atoms with Crippen molar-refractivity contribution in [1.82, 2.24) is 9.88 Å². The molecule has 1 aliphatic heterocycles. The van der Waals surface area contributed by atoms with Crippen LogP contribution in [0.5, 0.6) is 11.5 Å². The van der Waals surface area contributed by atoms with E-state index in [9.17, 15) is 4.79 Å². The number of hydrogen-bond donors (Lipinski definition) is 1. The maximum atomic E-state index is 12.5. The summed E-state index contributed by atoms with van der Waals surface area (Å²) in [5, 5.41) is 2.96. The molecule has 0 fully saturated rings. The molecule has 0 radical (unpaired) electrons. The summed E-state index contributed by atoms with van der Waals surface area (Å²) in [6, 6.07) is 19.5. The molecule has 5 heteroatoms. The third-order valence-corrected chi connectivity index (χ3v) is 4.15. The molecule has 3 aromatic rings. The molecule has 5 nitrogen and oxygen atoms in total. The summed E-state index contributed by atoms with van der Waals surface area (Å²) in [5.74, 6) is 1.37. The Labute approximate surface area is 145 Å². The molecule has 0 atom stereocenters. The fraction of sp³-hybridized carbons (Fsp3) is 0.150. The van der Waals surface area contributed by atoms with Crippen molar-refractivity contribution in [2.45, 2.75) is 13.1 Å². The molecule has 4 rings (SSSR count). The first-order chi connectivity index (χ1) is 12.3. The van der Waals surface area contributed by atoms with Gasteiger partial charge in [0.1, 0.15) is 5.69 Å². The first-order valence-electron chi connectivity index (χ1n) is 8.15. The van der Waals surface area contributed by atoms with Crippen LogP contribution in [0.15, 0.2) is 66.9 Å². The van der Waals surface area contributed by atoms with E-state index in [1.165, 1.54) is 0 Å². The lowest BCUT2D eigenvalue weighted by Gasteiger charge is -2.10. The molecule has 1 N–H and O–H groups in total. The summed E-state index contributed by atoms with van der Waals surface area (Å²) in [5.41, 5.74) is 2.77. The number of nitrogens with one attached hydrogen (secondary N) is 1. The van der Waals surface area contributed by atoms with Crippen LogP contribution >= 0.6 is 0 Å². The van der Waals surface area contributed by atoms with E-state index < -0.39 is 0 Å². The van der Waals surface area contributed by atoms with Crippen molar-refractivity contribution in [3.05, 3.63) is 83.7 Å². The monoisotopic (exact) mass is 334 g/mol. The molecule has 2 aromatic carbocycles. The molecule has 0 aliphatic carbocycles. The van der Waals surface area contributed by atoms with Crippen LogP contribution in [-0.2, 0) is 13.1 Å². The first kappa shape index (κ1) is 15.3. The maximum absolute atomic E-state index is 12.5. The Kier molecular flexibility index (Phi) is 4.12. The van der Waals surface area contributed by atoms with Gasteiger partial charge >= 0.3 is 0 Å². The van der Waals surface area contributed by atoms with Gasteiger partial charge in [0.2, 0.25) is 6.79 Å². The predicted molar refractivity (Wildman–Crippen MR) is 93.7 cm³/mol. The summed E-state index contributed by atoms with van der Waals surface area (Å²) < 4.78 is 12.6. The number of benzene rings is 2. The second kappa shape index (κ2) is 6.73. The van der Waals surface area contributed by atoms with Gasteiger partial charge in [0.25, 0.3) is 5.91 Å². The molecular weight excluding hydrogens is 316 g/mol. The zero-order valence-electron chi connectivity index (χ0n) is 13.6. The van der Waals surface area contributed by atoms with Crippen molar-refractivity contribution < 1.29 is 14.3 Å². The zero-order chi connectivity index (χ0) is 17.1. The molecule has 0 spiro atoms. The summed E-state index contributed by atoms with van der Waals surface area (Å²) in [7, 11) is 0. The number of carbonyl (C=O) groups is 1. The first-order valence-corrected chi connectivity index (χ1v) is 8.15. The van der Waals surface area contributed by atoms with E-state index in [2.05, 4.69) is 5.32 Å². The Bertz CT molecular complexity index is 887. The molecule has 0 saturated carbocycles. The summed E-state index contributed by atoms with van der Waals surface area (Å²) in [4.78, 5) is 12.5. The Morgan fingerprint density at radius 2 is 1.80 bits per heavy atom. The number of amides is 1. The van der Waals surface area contributed by atoms with E-state index in [0.717, 1.165) is 22.6 Å². The highest BCUT2D eigenvalue weighted by Crippen LogP contribution is 2.32. The number of hydrogen-bond acceptors (Lipinski definition) is 3. The number of aromatic nitrogens is 1. The quantitative estimate of drug-likeness (QED) is 0.779. The van der Waals surface area contributed by atoms with Gasteiger partial charge in [-0.2, -0.15) is 0 Å². The standard InChI is InChI=1S/C20H18N2O3/c23-20(21-12-16-8-9-18-19(11-16)25-14-24-18)17-7-4-10-22(17)13-15-5-2-1-3-6-15/h1-11H,12-14H2,(H,21,23). The van der Waals surface area contributed by atoms with Crippen molar-refractivity contribution in [2.75, 3.05) is 6.79 Å². The van der Waals surface area contributed by atoms with Crippen molar-refractivity contribution in [1.29, 1.82) is 0 Å². The van der Waals surface area contributed by atoms with Crippen molar-refractivity contribution in [3.8, 4) is 11.5 Å². The highest BCUT2D eigenvalue weighted by atomic mass is 16.7.